The number of hydrogen-bond acceptors (Lipinski definition) is 4. The Morgan fingerprint density at radius 3 is 2.50 bits per heavy atom. The summed E-state index contributed by atoms with van der Waals surface area (Å²) >= 11 is 0. The molecule has 2 amide bonds. The first-order valence-electron chi connectivity index (χ1n) is 9.29. The van der Waals surface area contributed by atoms with Gasteiger partial charge in [-0.2, -0.15) is 0 Å². The van der Waals surface area contributed by atoms with Crippen LogP contribution in [0.1, 0.15) is 43.2 Å². The summed E-state index contributed by atoms with van der Waals surface area (Å²) in [4.78, 5) is 24.4. The van der Waals surface area contributed by atoms with Crippen molar-refractivity contribution in [2.24, 2.45) is 5.73 Å². The van der Waals surface area contributed by atoms with Gasteiger partial charge in [-0.1, -0.05) is 18.2 Å². The number of ether oxygens (including phenoxy) is 1. The van der Waals surface area contributed by atoms with Crippen molar-refractivity contribution in [3.8, 4) is 5.75 Å². The molecule has 1 fully saturated rings. The van der Waals surface area contributed by atoms with Crippen LogP contribution in [0.5, 0.6) is 5.75 Å². The van der Waals surface area contributed by atoms with E-state index in [4.69, 9.17) is 10.5 Å². The summed E-state index contributed by atoms with van der Waals surface area (Å²) in [6, 6.07) is 6.20. The number of benzene rings is 1. The summed E-state index contributed by atoms with van der Waals surface area (Å²) in [5.74, 6) is 0.719. The first-order chi connectivity index (χ1) is 12.6. The highest BCUT2D eigenvalue weighted by Crippen LogP contribution is 2.35. The Hall–Kier alpha value is -2.34. The molecule has 6 heteroatoms. The highest BCUT2D eigenvalue weighted by atomic mass is 16.5. The van der Waals surface area contributed by atoms with Crippen molar-refractivity contribution >= 4 is 17.4 Å². The van der Waals surface area contributed by atoms with Crippen molar-refractivity contribution < 1.29 is 14.3 Å². The molecule has 0 unspecified atom stereocenters. The van der Waals surface area contributed by atoms with E-state index >= 15 is 0 Å². The van der Waals surface area contributed by atoms with E-state index in [0.717, 1.165) is 49.0 Å². The minimum absolute atomic E-state index is 0.0137. The fourth-order valence-corrected chi connectivity index (χ4v) is 3.82. The second-order valence-corrected chi connectivity index (χ2v) is 6.94. The molecule has 1 aromatic carbocycles. The lowest BCUT2D eigenvalue weighted by Crippen LogP contribution is -2.44. The molecule has 1 aromatic rings. The van der Waals surface area contributed by atoms with E-state index in [9.17, 15) is 9.59 Å². The van der Waals surface area contributed by atoms with Crippen molar-refractivity contribution in [3.63, 3.8) is 0 Å². The van der Waals surface area contributed by atoms with Gasteiger partial charge in [0.1, 0.15) is 5.75 Å². The zero-order valence-electron chi connectivity index (χ0n) is 15.2. The normalized spacial score (nSPS) is 21.5. The van der Waals surface area contributed by atoms with Crippen LogP contribution in [0.25, 0.3) is 5.57 Å². The molecular weight excluding hydrogens is 330 g/mol. The minimum atomic E-state index is -0.0381. The number of nitrogens with two attached hydrogens (primary N) is 1. The first kappa shape index (κ1) is 18.5. The number of allylic oxidation sites excluding steroid dienone is 1. The first-order valence-corrected chi connectivity index (χ1v) is 9.29. The van der Waals surface area contributed by atoms with Crippen LogP contribution in [0.15, 0.2) is 24.3 Å². The molecule has 1 saturated carbocycles. The van der Waals surface area contributed by atoms with E-state index in [0.29, 0.717) is 18.5 Å². The van der Waals surface area contributed by atoms with E-state index in [-0.39, 0.29) is 23.9 Å². The van der Waals surface area contributed by atoms with Crippen molar-refractivity contribution in [2.75, 3.05) is 13.7 Å². The predicted octanol–water partition coefficient (Wildman–Crippen LogP) is 1.53. The molecule has 4 N–H and O–H groups in total. The lowest BCUT2D eigenvalue weighted by atomic mass is 9.90. The molecule has 0 spiro atoms. The molecule has 0 bridgehead atoms. The smallest absolute Gasteiger partial charge is 0.251 e. The molecule has 140 valence electrons. The number of nitrogens with one attached hydrogen (secondary N) is 2. The Balaban J connectivity index is 1.54. The number of fused-ring (bicyclic) bond motifs is 1. The van der Waals surface area contributed by atoms with Crippen molar-refractivity contribution in [1.29, 1.82) is 0 Å². The van der Waals surface area contributed by atoms with Gasteiger partial charge in [-0.25, -0.2) is 0 Å². The predicted molar refractivity (Wildman–Crippen MR) is 101 cm³/mol. The molecule has 2 aliphatic carbocycles. The van der Waals surface area contributed by atoms with Gasteiger partial charge in [0.15, 0.2) is 0 Å². The Kier molecular flexibility index (Phi) is 5.93. The maximum atomic E-state index is 12.8. The molecule has 0 radical (unpaired) electrons. The topological polar surface area (TPSA) is 93.5 Å². The maximum absolute atomic E-state index is 12.8. The summed E-state index contributed by atoms with van der Waals surface area (Å²) in [5.41, 5.74) is 8.15. The zero-order chi connectivity index (χ0) is 18.5. The maximum Gasteiger partial charge on any atom is 0.251 e. The number of hydrogen-bond donors (Lipinski definition) is 3. The molecule has 0 atom stereocenters. The zero-order valence-corrected chi connectivity index (χ0v) is 15.2. The third-order valence-corrected chi connectivity index (χ3v) is 5.17. The Bertz CT molecular complexity index is 706. The van der Waals surface area contributed by atoms with Gasteiger partial charge in [-0.15, -0.1) is 0 Å². The second-order valence-electron chi connectivity index (χ2n) is 6.94. The van der Waals surface area contributed by atoms with Crippen LogP contribution in [-0.2, 0) is 16.0 Å². The van der Waals surface area contributed by atoms with Gasteiger partial charge in [-0.3, -0.25) is 9.59 Å². The number of carbonyl (C=O) groups is 2. The van der Waals surface area contributed by atoms with Crippen LogP contribution in [0.2, 0.25) is 0 Å². The molecule has 0 heterocycles. The summed E-state index contributed by atoms with van der Waals surface area (Å²) < 4.78 is 5.43. The van der Waals surface area contributed by atoms with Crippen LogP contribution < -0.4 is 21.1 Å². The summed E-state index contributed by atoms with van der Waals surface area (Å²) in [6.45, 7) is 0.372. The van der Waals surface area contributed by atoms with E-state index in [2.05, 4.69) is 10.6 Å². The van der Waals surface area contributed by atoms with E-state index in [1.54, 1.807) is 7.11 Å². The average Bonchev–Trinajstić information content (AvgIpc) is 3.08. The van der Waals surface area contributed by atoms with Crippen LogP contribution in [-0.4, -0.2) is 37.6 Å². The van der Waals surface area contributed by atoms with Gasteiger partial charge in [0, 0.05) is 36.2 Å². The summed E-state index contributed by atoms with van der Waals surface area (Å²) in [5, 5.41) is 6.17. The van der Waals surface area contributed by atoms with Crippen LogP contribution in [0.4, 0.5) is 0 Å². The molecule has 0 aliphatic heterocycles. The molecule has 0 aromatic heterocycles. The molecule has 3 rings (SSSR count). The highest BCUT2D eigenvalue weighted by Gasteiger charge is 2.28. The number of carbonyl (C=O) groups excluding carboxylic acids is 2. The fourth-order valence-electron chi connectivity index (χ4n) is 3.82. The van der Waals surface area contributed by atoms with Crippen LogP contribution >= 0.6 is 0 Å². The number of methoxy groups -OCH3 is 1. The van der Waals surface area contributed by atoms with Crippen molar-refractivity contribution in [2.45, 2.75) is 50.6 Å². The minimum Gasteiger partial charge on any atom is -0.496 e. The lowest BCUT2D eigenvalue weighted by Gasteiger charge is -2.30. The quantitative estimate of drug-likeness (QED) is 0.720. The molecular formula is C20H27N3O3. The van der Waals surface area contributed by atoms with Gasteiger partial charge in [0.05, 0.1) is 7.11 Å². The van der Waals surface area contributed by atoms with Gasteiger partial charge in [0.25, 0.3) is 5.91 Å². The van der Waals surface area contributed by atoms with Crippen LogP contribution in [0.3, 0.4) is 0 Å². The highest BCUT2D eigenvalue weighted by molar-refractivity contribution is 6.21. The average molecular weight is 357 g/mol. The molecule has 26 heavy (non-hydrogen) atoms. The third kappa shape index (κ3) is 4.07. The monoisotopic (exact) mass is 357 g/mol. The van der Waals surface area contributed by atoms with E-state index < -0.39 is 0 Å². The Labute approximate surface area is 154 Å². The van der Waals surface area contributed by atoms with Crippen molar-refractivity contribution in [1.82, 2.24) is 10.6 Å². The van der Waals surface area contributed by atoms with Crippen LogP contribution in [0, 0.1) is 0 Å². The van der Waals surface area contributed by atoms with Crippen molar-refractivity contribution in [3.05, 3.63) is 35.4 Å². The number of amides is 2. The third-order valence-electron chi connectivity index (χ3n) is 5.17. The Morgan fingerprint density at radius 2 is 1.85 bits per heavy atom. The van der Waals surface area contributed by atoms with Gasteiger partial charge in [0.2, 0.25) is 5.91 Å². The number of rotatable bonds is 6. The van der Waals surface area contributed by atoms with Gasteiger partial charge >= 0.3 is 0 Å². The van der Waals surface area contributed by atoms with Gasteiger partial charge < -0.3 is 21.1 Å². The van der Waals surface area contributed by atoms with E-state index in [1.165, 1.54) is 0 Å². The molecule has 2 aliphatic rings. The molecule has 6 nitrogen and oxygen atoms in total. The summed E-state index contributed by atoms with van der Waals surface area (Å²) in [6.07, 6.45) is 6.58. The fraction of sp³-hybridized carbons (Fsp3) is 0.500. The van der Waals surface area contributed by atoms with Gasteiger partial charge in [-0.05, 0) is 43.7 Å². The Morgan fingerprint density at radius 1 is 1.15 bits per heavy atom. The van der Waals surface area contributed by atoms with E-state index in [1.807, 2.05) is 24.3 Å². The second kappa shape index (κ2) is 8.36. The largest absolute Gasteiger partial charge is 0.496 e. The summed E-state index contributed by atoms with van der Waals surface area (Å²) in [7, 11) is 1.63. The lowest BCUT2D eigenvalue weighted by molar-refractivity contribution is -0.122. The SMILES string of the molecule is COc1cccc2c1C(C(=O)NC1CCC(NC(=O)CCN)CC1)=CC2. The standard InChI is InChI=1S/C20H27N3O3/c1-26-17-4-2-3-13-5-10-16(19(13)17)20(25)23-15-8-6-14(7-9-15)22-18(24)11-12-21/h2-4,10,14-15H,5-9,11-12,21H2,1H3,(H,22,24)(H,23,25). The molecule has 0 saturated heterocycles.